The molecule has 0 bridgehead atoms. The van der Waals surface area contributed by atoms with E-state index in [1.165, 1.54) is 37.1 Å². The van der Waals surface area contributed by atoms with Gasteiger partial charge in [-0.2, -0.15) is 0 Å². The molecule has 1 N–H and O–H groups in total. The van der Waals surface area contributed by atoms with Crippen molar-refractivity contribution in [3.63, 3.8) is 0 Å². The summed E-state index contributed by atoms with van der Waals surface area (Å²) < 4.78 is 13.0. The van der Waals surface area contributed by atoms with Gasteiger partial charge in [0, 0.05) is 7.05 Å². The molecular formula is C20H21FN2O4. The highest BCUT2D eigenvalue weighted by Crippen LogP contribution is 2.22. The van der Waals surface area contributed by atoms with E-state index in [9.17, 15) is 23.9 Å². The fourth-order valence-corrected chi connectivity index (χ4v) is 2.71. The summed E-state index contributed by atoms with van der Waals surface area (Å²) >= 11 is 0. The topological polar surface area (TPSA) is 87.0 Å². The fraction of sp³-hybridized carbons (Fsp3) is 0.300. The second-order valence-corrected chi connectivity index (χ2v) is 6.45. The summed E-state index contributed by atoms with van der Waals surface area (Å²) in [6, 6.07) is 6.10. The van der Waals surface area contributed by atoms with E-state index in [1.54, 1.807) is 18.2 Å². The SMILES string of the molecule is CN=C1C=C(C=O)C(=O)N(CC(C)(O)C=O)/C1=C/CCc1ccc(F)cc1. The molecule has 2 rings (SSSR count). The summed E-state index contributed by atoms with van der Waals surface area (Å²) in [7, 11) is 1.52. The van der Waals surface area contributed by atoms with Crippen molar-refractivity contribution in [1.82, 2.24) is 4.90 Å². The number of carbonyl (C=O) groups excluding carboxylic acids is 3. The van der Waals surface area contributed by atoms with Crippen LogP contribution in [0.2, 0.25) is 0 Å². The summed E-state index contributed by atoms with van der Waals surface area (Å²) in [6.07, 6.45) is 5.01. The Kier molecular flexibility index (Phi) is 6.52. The molecular weight excluding hydrogens is 351 g/mol. The molecule has 0 saturated heterocycles. The number of allylic oxidation sites excluding steroid dienone is 2. The number of nitrogens with zero attached hydrogens (tertiary/aromatic N) is 2. The van der Waals surface area contributed by atoms with E-state index in [0.29, 0.717) is 36.8 Å². The Morgan fingerprint density at radius 1 is 1.26 bits per heavy atom. The lowest BCUT2D eigenvalue weighted by Gasteiger charge is -2.33. The van der Waals surface area contributed by atoms with Crippen molar-refractivity contribution >= 4 is 24.2 Å². The molecule has 27 heavy (non-hydrogen) atoms. The van der Waals surface area contributed by atoms with Gasteiger partial charge >= 0.3 is 0 Å². The zero-order valence-corrected chi connectivity index (χ0v) is 15.2. The minimum atomic E-state index is -1.77. The van der Waals surface area contributed by atoms with Gasteiger partial charge in [0.05, 0.1) is 23.5 Å². The monoisotopic (exact) mass is 372 g/mol. The number of aldehydes is 2. The van der Waals surface area contributed by atoms with Crippen molar-refractivity contribution < 1.29 is 23.9 Å². The van der Waals surface area contributed by atoms with Crippen molar-refractivity contribution in [2.75, 3.05) is 13.6 Å². The average Bonchev–Trinajstić information content (AvgIpc) is 2.66. The molecule has 7 heteroatoms. The number of aryl methyl sites for hydroxylation is 1. The summed E-state index contributed by atoms with van der Waals surface area (Å²) in [6.45, 7) is 0.979. The molecule has 0 fully saturated rings. The molecule has 1 aromatic carbocycles. The number of rotatable bonds is 7. The number of benzene rings is 1. The van der Waals surface area contributed by atoms with Crippen LogP contribution in [0.1, 0.15) is 18.9 Å². The first-order chi connectivity index (χ1) is 12.8. The number of amides is 1. The molecule has 1 unspecified atom stereocenters. The van der Waals surface area contributed by atoms with Crippen LogP contribution in [-0.2, 0) is 20.8 Å². The van der Waals surface area contributed by atoms with Crippen LogP contribution in [0.4, 0.5) is 4.39 Å². The number of aliphatic hydroxyl groups is 1. The Labute approximate surface area is 156 Å². The maximum atomic E-state index is 13.0. The first kappa shape index (κ1) is 20.4. The lowest BCUT2D eigenvalue weighted by molar-refractivity contribution is -0.132. The molecule has 142 valence electrons. The van der Waals surface area contributed by atoms with E-state index in [0.717, 1.165) is 5.56 Å². The molecule has 0 radical (unpaired) electrons. The van der Waals surface area contributed by atoms with Gasteiger partial charge < -0.3 is 14.8 Å². The number of hydrogen-bond acceptors (Lipinski definition) is 5. The molecule has 1 heterocycles. The largest absolute Gasteiger partial charge is 0.381 e. The zero-order valence-electron chi connectivity index (χ0n) is 15.2. The molecule has 1 amide bonds. The first-order valence-electron chi connectivity index (χ1n) is 8.40. The summed E-state index contributed by atoms with van der Waals surface area (Å²) in [5.74, 6) is -0.920. The molecule has 0 aromatic heterocycles. The third-order valence-corrected chi connectivity index (χ3v) is 4.12. The van der Waals surface area contributed by atoms with Gasteiger partial charge in [-0.25, -0.2) is 4.39 Å². The summed E-state index contributed by atoms with van der Waals surface area (Å²) in [5.41, 5.74) is -0.139. The van der Waals surface area contributed by atoms with E-state index in [-0.39, 0.29) is 17.9 Å². The number of β-amino-alcohol motifs (C(OH)–C–C–N with tert-alkyl or cyclic N) is 1. The van der Waals surface area contributed by atoms with Gasteiger partial charge in [-0.3, -0.25) is 14.6 Å². The Bertz CT molecular complexity index is 823. The maximum Gasteiger partial charge on any atom is 0.261 e. The van der Waals surface area contributed by atoms with Crippen LogP contribution >= 0.6 is 0 Å². The summed E-state index contributed by atoms with van der Waals surface area (Å²) in [4.78, 5) is 40.1. The van der Waals surface area contributed by atoms with E-state index in [1.807, 2.05) is 0 Å². The molecule has 1 atom stereocenters. The lowest BCUT2D eigenvalue weighted by atomic mass is 9.99. The van der Waals surface area contributed by atoms with Crippen LogP contribution in [-0.4, -0.2) is 53.4 Å². The van der Waals surface area contributed by atoms with Crippen LogP contribution < -0.4 is 0 Å². The number of carbonyl (C=O) groups is 3. The fourth-order valence-electron chi connectivity index (χ4n) is 2.71. The average molecular weight is 372 g/mol. The predicted molar refractivity (Wildman–Crippen MR) is 98.7 cm³/mol. The molecule has 1 aliphatic heterocycles. The Morgan fingerprint density at radius 3 is 2.48 bits per heavy atom. The molecule has 6 nitrogen and oxygen atoms in total. The quantitative estimate of drug-likeness (QED) is 0.582. The lowest BCUT2D eigenvalue weighted by Crippen LogP contribution is -2.48. The first-order valence-corrected chi connectivity index (χ1v) is 8.40. The van der Waals surface area contributed by atoms with E-state index in [4.69, 9.17) is 0 Å². The number of aliphatic imine (C=N–C) groups is 1. The van der Waals surface area contributed by atoms with Gasteiger partial charge in [0.1, 0.15) is 11.4 Å². The minimum Gasteiger partial charge on any atom is -0.381 e. The second kappa shape index (κ2) is 8.64. The van der Waals surface area contributed by atoms with Crippen molar-refractivity contribution in [1.29, 1.82) is 0 Å². The Hall–Kier alpha value is -2.93. The Balaban J connectivity index is 2.32. The van der Waals surface area contributed by atoms with Crippen LogP contribution in [0.25, 0.3) is 0 Å². The van der Waals surface area contributed by atoms with E-state index < -0.39 is 11.5 Å². The molecule has 1 aromatic rings. The Morgan fingerprint density at radius 2 is 1.93 bits per heavy atom. The van der Waals surface area contributed by atoms with Crippen LogP contribution in [0.3, 0.4) is 0 Å². The highest BCUT2D eigenvalue weighted by molar-refractivity contribution is 6.25. The van der Waals surface area contributed by atoms with Crippen LogP contribution in [0.5, 0.6) is 0 Å². The van der Waals surface area contributed by atoms with Gasteiger partial charge in [-0.1, -0.05) is 18.2 Å². The van der Waals surface area contributed by atoms with Crippen LogP contribution in [0, 0.1) is 5.82 Å². The van der Waals surface area contributed by atoms with Crippen molar-refractivity contribution in [2.45, 2.75) is 25.4 Å². The molecule has 0 spiro atoms. The van der Waals surface area contributed by atoms with Gasteiger partial charge in [0.15, 0.2) is 12.6 Å². The predicted octanol–water partition coefficient (Wildman–Crippen LogP) is 1.63. The molecule has 0 saturated carbocycles. The van der Waals surface area contributed by atoms with Gasteiger partial charge in [0.2, 0.25) is 0 Å². The summed E-state index contributed by atoms with van der Waals surface area (Å²) in [5, 5.41) is 10.1. The smallest absolute Gasteiger partial charge is 0.261 e. The third kappa shape index (κ3) is 5.04. The van der Waals surface area contributed by atoms with E-state index in [2.05, 4.69) is 4.99 Å². The van der Waals surface area contributed by atoms with Crippen molar-refractivity contribution in [3.8, 4) is 0 Å². The second-order valence-electron chi connectivity index (χ2n) is 6.45. The number of halogens is 1. The van der Waals surface area contributed by atoms with Crippen molar-refractivity contribution in [3.05, 3.63) is 59.1 Å². The van der Waals surface area contributed by atoms with Crippen LogP contribution in [0.15, 0.2) is 52.7 Å². The standard InChI is InChI=1S/C20H21FN2O4/c1-20(27,13-25)12-23-18(17(22-2)10-15(11-24)19(23)26)5-3-4-14-6-8-16(21)9-7-14/h5-11,13,27H,3-4,12H2,1-2H3/b18-5+,22-17?. The minimum absolute atomic E-state index is 0.104. The van der Waals surface area contributed by atoms with Crippen molar-refractivity contribution in [2.24, 2.45) is 4.99 Å². The normalized spacial score (nSPS) is 19.8. The molecule has 0 aliphatic carbocycles. The molecule has 1 aliphatic rings. The number of hydrogen-bond donors (Lipinski definition) is 1. The van der Waals surface area contributed by atoms with E-state index >= 15 is 0 Å². The van der Waals surface area contributed by atoms with Gasteiger partial charge in [-0.15, -0.1) is 0 Å². The highest BCUT2D eigenvalue weighted by atomic mass is 19.1. The third-order valence-electron chi connectivity index (χ3n) is 4.12. The highest BCUT2D eigenvalue weighted by Gasteiger charge is 2.34. The zero-order chi connectivity index (χ0) is 20.0. The van der Waals surface area contributed by atoms with Gasteiger partial charge in [-0.05, 0) is 43.5 Å². The van der Waals surface area contributed by atoms with Gasteiger partial charge in [0.25, 0.3) is 5.91 Å². The maximum absolute atomic E-state index is 13.0.